The van der Waals surface area contributed by atoms with E-state index in [0.29, 0.717) is 10.9 Å². The van der Waals surface area contributed by atoms with Crippen LogP contribution in [0.4, 0.5) is 24.9 Å². The predicted molar refractivity (Wildman–Crippen MR) is 148 cm³/mol. The number of anilines is 2. The lowest BCUT2D eigenvalue weighted by molar-refractivity contribution is -0.180. The first-order valence-corrected chi connectivity index (χ1v) is 13.2. The maximum absolute atomic E-state index is 13.4. The smallest absolute Gasteiger partial charge is 0.395 e. The molecule has 41 heavy (non-hydrogen) atoms. The molecule has 2 aliphatic heterocycles. The minimum absolute atomic E-state index is 0.154. The molecule has 2 aromatic heterocycles. The molecule has 1 amide bonds. The highest BCUT2D eigenvalue weighted by molar-refractivity contribution is 6.41. The highest BCUT2D eigenvalue weighted by Gasteiger charge is 2.48. The minimum Gasteiger partial charge on any atom is -0.495 e. The van der Waals surface area contributed by atoms with Gasteiger partial charge in [0, 0.05) is 36.3 Å². The minimum atomic E-state index is -4.34. The number of hydrogen-bond acceptors (Lipinski definition) is 9. The summed E-state index contributed by atoms with van der Waals surface area (Å²) in [6.07, 6.45) is -1.66. The molecule has 0 unspecified atom stereocenters. The molecular weight excluding hydrogens is 588 g/mol. The van der Waals surface area contributed by atoms with Crippen LogP contribution in [0.25, 0.3) is 22.2 Å². The van der Waals surface area contributed by atoms with E-state index in [1.807, 2.05) is 0 Å². The fraction of sp³-hybridized carbons (Fsp3) is 0.385. The number of rotatable bonds is 8. The Balaban J connectivity index is 1.58. The van der Waals surface area contributed by atoms with Crippen molar-refractivity contribution in [1.29, 1.82) is 0 Å². The number of nitrogens with zero attached hydrogens (tertiary/aromatic N) is 4. The van der Waals surface area contributed by atoms with Crippen molar-refractivity contribution in [3.8, 4) is 22.8 Å². The van der Waals surface area contributed by atoms with E-state index >= 15 is 0 Å². The van der Waals surface area contributed by atoms with Crippen LogP contribution in [0, 0.1) is 5.92 Å². The monoisotopic (exact) mass is 612 g/mol. The number of carbonyl (C=O) groups is 1. The maximum atomic E-state index is 13.4. The van der Waals surface area contributed by atoms with Crippen molar-refractivity contribution in [2.45, 2.75) is 18.3 Å². The zero-order chi connectivity index (χ0) is 29.5. The third-order valence-electron chi connectivity index (χ3n) is 6.93. The van der Waals surface area contributed by atoms with Gasteiger partial charge in [0.2, 0.25) is 11.9 Å². The number of pyridine rings is 1. The Morgan fingerprint density at radius 3 is 2.39 bits per heavy atom. The van der Waals surface area contributed by atoms with Gasteiger partial charge in [-0.1, -0.05) is 29.8 Å². The Hall–Kier alpha value is -3.55. The zero-order valence-electron chi connectivity index (χ0n) is 21.9. The van der Waals surface area contributed by atoms with E-state index in [9.17, 15) is 18.0 Å². The van der Waals surface area contributed by atoms with E-state index in [4.69, 9.17) is 37.4 Å². The van der Waals surface area contributed by atoms with Gasteiger partial charge in [-0.25, -0.2) is 15.0 Å². The van der Waals surface area contributed by atoms with E-state index in [-0.39, 0.29) is 88.9 Å². The number of hydrogen-bond donors (Lipinski definition) is 2. The maximum Gasteiger partial charge on any atom is 0.395 e. The summed E-state index contributed by atoms with van der Waals surface area (Å²) in [6.45, 7) is 3.42. The SMILES string of the molecule is C=CC(=O)N[C@H]1COC[C@H]1Nc1ncc2cc(-c3c(Cl)c(OC)cc(OC)c3Cl)nc(N3CC(C(F)(F)F)C3)c2n1. The number of nitrogens with one attached hydrogen (secondary N) is 2. The van der Waals surface area contributed by atoms with Gasteiger partial charge in [0.15, 0.2) is 5.82 Å². The average molecular weight is 613 g/mol. The molecule has 10 nitrogen and oxygen atoms in total. The number of carbonyl (C=O) groups excluding carboxylic acids is 1. The molecule has 3 aromatic rings. The lowest BCUT2D eigenvalue weighted by Crippen LogP contribution is -2.53. The lowest BCUT2D eigenvalue weighted by Gasteiger charge is -2.41. The van der Waals surface area contributed by atoms with Gasteiger partial charge in [0.25, 0.3) is 0 Å². The van der Waals surface area contributed by atoms with Crippen LogP contribution in [0.1, 0.15) is 0 Å². The number of fused-ring (bicyclic) bond motifs is 1. The first-order valence-electron chi connectivity index (χ1n) is 12.4. The molecule has 0 saturated carbocycles. The molecule has 4 heterocycles. The molecule has 2 fully saturated rings. The van der Waals surface area contributed by atoms with Gasteiger partial charge in [-0.3, -0.25) is 4.79 Å². The van der Waals surface area contributed by atoms with Gasteiger partial charge in [-0.2, -0.15) is 13.2 Å². The van der Waals surface area contributed by atoms with Crippen molar-refractivity contribution in [2.24, 2.45) is 5.92 Å². The lowest BCUT2D eigenvalue weighted by atomic mass is 9.99. The molecule has 218 valence electrons. The Kier molecular flexibility index (Phi) is 8.04. The first kappa shape index (κ1) is 29.0. The largest absolute Gasteiger partial charge is 0.495 e. The normalized spacial score (nSPS) is 19.1. The Bertz CT molecular complexity index is 1470. The van der Waals surface area contributed by atoms with Crippen LogP contribution in [-0.4, -0.2) is 79.6 Å². The summed E-state index contributed by atoms with van der Waals surface area (Å²) < 4.78 is 56.3. The number of halogens is 5. The molecule has 0 bridgehead atoms. The molecular formula is C26H25Cl2F3N6O4. The third kappa shape index (κ3) is 5.66. The molecule has 2 N–H and O–H groups in total. The summed E-state index contributed by atoms with van der Waals surface area (Å²) in [5.41, 5.74) is 0.877. The van der Waals surface area contributed by atoms with Crippen LogP contribution in [0.2, 0.25) is 10.0 Å². The van der Waals surface area contributed by atoms with E-state index in [2.05, 4.69) is 32.2 Å². The van der Waals surface area contributed by atoms with Crippen molar-refractivity contribution in [2.75, 3.05) is 50.7 Å². The van der Waals surface area contributed by atoms with E-state index in [0.717, 1.165) is 6.08 Å². The second kappa shape index (κ2) is 11.4. The van der Waals surface area contributed by atoms with Gasteiger partial charge in [0.05, 0.1) is 61.2 Å². The molecule has 0 aliphatic carbocycles. The number of ether oxygens (including phenoxy) is 3. The Morgan fingerprint density at radius 2 is 1.78 bits per heavy atom. The quantitative estimate of drug-likeness (QED) is 0.355. The van der Waals surface area contributed by atoms with Gasteiger partial charge in [0.1, 0.15) is 17.0 Å². The van der Waals surface area contributed by atoms with Crippen molar-refractivity contribution in [3.63, 3.8) is 0 Å². The second-order valence-corrected chi connectivity index (χ2v) is 10.3. The summed E-state index contributed by atoms with van der Waals surface area (Å²) in [4.78, 5) is 27.0. The summed E-state index contributed by atoms with van der Waals surface area (Å²) >= 11 is 13.2. The van der Waals surface area contributed by atoms with Gasteiger partial charge in [-0.05, 0) is 12.1 Å². The third-order valence-corrected chi connectivity index (χ3v) is 7.68. The summed E-state index contributed by atoms with van der Waals surface area (Å²) in [5, 5.41) is 6.72. The van der Waals surface area contributed by atoms with Crippen LogP contribution in [0.5, 0.6) is 11.5 Å². The molecule has 15 heteroatoms. The molecule has 0 radical (unpaired) electrons. The average Bonchev–Trinajstić information content (AvgIpc) is 3.33. The molecule has 1 aromatic carbocycles. The number of aromatic nitrogens is 3. The van der Waals surface area contributed by atoms with Crippen molar-refractivity contribution in [3.05, 3.63) is 41.0 Å². The van der Waals surface area contributed by atoms with Crippen LogP contribution in [-0.2, 0) is 9.53 Å². The molecule has 2 saturated heterocycles. The summed E-state index contributed by atoms with van der Waals surface area (Å²) in [7, 11) is 2.86. The number of alkyl halides is 3. The van der Waals surface area contributed by atoms with Crippen LogP contribution < -0.4 is 25.0 Å². The van der Waals surface area contributed by atoms with Gasteiger partial charge >= 0.3 is 6.18 Å². The van der Waals surface area contributed by atoms with E-state index in [1.54, 1.807) is 6.07 Å². The highest BCUT2D eigenvalue weighted by atomic mass is 35.5. The zero-order valence-corrected chi connectivity index (χ0v) is 23.4. The molecule has 0 spiro atoms. The van der Waals surface area contributed by atoms with Crippen molar-refractivity contribution < 1.29 is 32.2 Å². The van der Waals surface area contributed by atoms with Crippen LogP contribution in [0.3, 0.4) is 0 Å². The highest BCUT2D eigenvalue weighted by Crippen LogP contribution is 2.47. The fourth-order valence-electron chi connectivity index (χ4n) is 4.66. The standard InChI is InChI=1S/C26H25Cl2F3N6O4/c1-4-19(38)33-15-10-41-11-16(15)35-25-32-7-12-5-14(20-21(27)17(39-2)6-18(40-3)22(20)28)34-24(23(12)36-25)37-8-13(9-37)26(29,30)31/h4-7,13,15-16H,1,8-11H2,2-3H3,(H,33,38)(H,32,35,36)/t15-,16+/m0/s1. The molecule has 2 atom stereocenters. The van der Waals surface area contributed by atoms with Gasteiger partial charge < -0.3 is 29.7 Å². The topological polar surface area (TPSA) is 111 Å². The number of methoxy groups -OCH3 is 2. The first-order chi connectivity index (χ1) is 19.5. The Morgan fingerprint density at radius 1 is 1.12 bits per heavy atom. The van der Waals surface area contributed by atoms with E-state index < -0.39 is 12.1 Å². The molecule has 5 rings (SSSR count). The number of amides is 1. The second-order valence-electron chi connectivity index (χ2n) is 9.50. The fourth-order valence-corrected chi connectivity index (χ4v) is 5.35. The van der Waals surface area contributed by atoms with Crippen molar-refractivity contribution >= 4 is 51.8 Å². The summed E-state index contributed by atoms with van der Waals surface area (Å²) in [5.74, 6) is -0.906. The Labute approximate surface area is 242 Å². The van der Waals surface area contributed by atoms with Crippen LogP contribution >= 0.6 is 23.2 Å². The van der Waals surface area contributed by atoms with Crippen molar-refractivity contribution in [1.82, 2.24) is 20.3 Å². The predicted octanol–water partition coefficient (Wildman–Crippen LogP) is 4.50. The summed E-state index contributed by atoms with van der Waals surface area (Å²) in [6, 6.07) is 2.45. The molecule has 2 aliphatic rings. The van der Waals surface area contributed by atoms with Crippen LogP contribution in [0.15, 0.2) is 31.0 Å². The number of benzene rings is 1. The van der Waals surface area contributed by atoms with Gasteiger partial charge in [-0.15, -0.1) is 0 Å². The van der Waals surface area contributed by atoms with E-state index in [1.165, 1.54) is 31.4 Å².